The Morgan fingerprint density at radius 1 is 1.05 bits per heavy atom. The molecule has 0 aliphatic heterocycles. The Morgan fingerprint density at radius 2 is 1.59 bits per heavy atom. The van der Waals surface area contributed by atoms with Gasteiger partial charge in [-0.1, -0.05) is 59.6 Å². The van der Waals surface area contributed by atoms with Gasteiger partial charge in [0.05, 0.1) is 15.1 Å². The van der Waals surface area contributed by atoms with Crippen molar-refractivity contribution in [1.82, 2.24) is 4.90 Å². The smallest absolute Gasteiger partial charge is 0.335 e. The molecule has 120 valence electrons. The van der Waals surface area contributed by atoms with Crippen molar-refractivity contribution in [2.24, 2.45) is 0 Å². The van der Waals surface area contributed by atoms with E-state index in [9.17, 15) is 9.59 Å². The fourth-order valence-electron chi connectivity index (χ4n) is 0.958. The van der Waals surface area contributed by atoms with E-state index in [2.05, 4.69) is 13.2 Å². The molecule has 1 amide bonds. The van der Waals surface area contributed by atoms with Gasteiger partial charge in [-0.15, -0.1) is 0 Å². The van der Waals surface area contributed by atoms with Crippen molar-refractivity contribution in [2.45, 2.75) is 0 Å². The van der Waals surface area contributed by atoms with Gasteiger partial charge in [-0.05, 0) is 6.08 Å². The molecule has 0 spiro atoms. The molecule has 0 heterocycles. The third-order valence-corrected chi connectivity index (χ3v) is 3.80. The summed E-state index contributed by atoms with van der Waals surface area (Å²) >= 11 is 23.0. The summed E-state index contributed by atoms with van der Waals surface area (Å²) in [6, 6.07) is 1.31. The average molecular weight is 385 g/mol. The van der Waals surface area contributed by atoms with Gasteiger partial charge < -0.3 is 9.64 Å². The highest BCUT2D eigenvalue weighted by Crippen LogP contribution is 2.41. The van der Waals surface area contributed by atoms with Crippen LogP contribution < -0.4 is 4.74 Å². The van der Waals surface area contributed by atoms with Gasteiger partial charge in [-0.2, -0.15) is 0 Å². The largest absolute Gasteiger partial charge is 0.422 e. The van der Waals surface area contributed by atoms with Crippen LogP contribution >= 0.6 is 46.4 Å². The highest BCUT2D eigenvalue weighted by Gasteiger charge is 2.15. The maximum Gasteiger partial charge on any atom is 0.335 e. The molecular weight excluding hydrogens is 372 g/mol. The topological polar surface area (TPSA) is 46.6 Å². The normalized spacial score (nSPS) is 9.18. The van der Waals surface area contributed by atoms with Crippen molar-refractivity contribution < 1.29 is 14.3 Å². The Hall–Kier alpha value is -1.20. The number of likely N-dealkylation sites (N-methyl/N-ethyl adjacent to an activating group) is 1. The molecular formula is C14H13Cl4NO3. The second-order valence-electron chi connectivity index (χ2n) is 3.86. The molecule has 0 aliphatic rings. The van der Waals surface area contributed by atoms with Crippen molar-refractivity contribution in [2.75, 3.05) is 14.1 Å². The van der Waals surface area contributed by atoms with E-state index in [1.165, 1.54) is 17.0 Å². The predicted octanol–water partition coefficient (Wildman–Crippen LogP) is 4.65. The molecule has 0 N–H and O–H groups in total. The van der Waals surface area contributed by atoms with Crippen LogP contribution in [0.4, 0.5) is 0 Å². The summed E-state index contributed by atoms with van der Waals surface area (Å²) in [7, 11) is 3.37. The molecule has 0 radical (unpaired) electrons. The van der Waals surface area contributed by atoms with Crippen LogP contribution in [0.25, 0.3) is 0 Å². The molecule has 8 heteroatoms. The van der Waals surface area contributed by atoms with Crippen LogP contribution in [-0.4, -0.2) is 30.9 Å². The monoisotopic (exact) mass is 383 g/mol. The molecule has 1 aromatic carbocycles. The lowest BCUT2D eigenvalue weighted by molar-refractivity contribution is -0.129. The lowest BCUT2D eigenvalue weighted by Crippen LogP contribution is -2.18. The van der Waals surface area contributed by atoms with Crippen molar-refractivity contribution in [1.29, 1.82) is 0 Å². The lowest BCUT2D eigenvalue weighted by Gasteiger charge is -2.07. The van der Waals surface area contributed by atoms with Gasteiger partial charge in [0.2, 0.25) is 5.91 Å². The Kier molecular flexibility index (Phi) is 9.21. The zero-order valence-corrected chi connectivity index (χ0v) is 14.9. The Bertz CT molecular complexity index is 600. The van der Waals surface area contributed by atoms with E-state index in [0.717, 1.165) is 6.08 Å². The van der Waals surface area contributed by atoms with Crippen LogP contribution in [0.1, 0.15) is 0 Å². The molecule has 1 rings (SSSR count). The number of benzene rings is 1. The molecule has 0 saturated carbocycles. The predicted molar refractivity (Wildman–Crippen MR) is 91.2 cm³/mol. The van der Waals surface area contributed by atoms with E-state index in [1.54, 1.807) is 14.1 Å². The summed E-state index contributed by atoms with van der Waals surface area (Å²) in [5.74, 6) is -0.674. The minimum absolute atomic E-state index is 0.0290. The number of carbonyl (C=O) groups excluding carboxylic acids is 2. The third kappa shape index (κ3) is 6.28. The maximum absolute atomic E-state index is 10.9. The van der Waals surface area contributed by atoms with Crippen LogP contribution in [0.15, 0.2) is 31.4 Å². The molecule has 0 unspecified atom stereocenters. The van der Waals surface area contributed by atoms with Crippen LogP contribution in [0.2, 0.25) is 20.1 Å². The fourth-order valence-corrected chi connectivity index (χ4v) is 1.78. The average Bonchev–Trinajstić information content (AvgIpc) is 2.49. The number of hydrogen-bond donors (Lipinski definition) is 0. The Morgan fingerprint density at radius 3 is 1.95 bits per heavy atom. The van der Waals surface area contributed by atoms with Crippen LogP contribution in [0.5, 0.6) is 5.75 Å². The van der Waals surface area contributed by atoms with E-state index >= 15 is 0 Å². The number of ether oxygens (including phenoxy) is 1. The van der Waals surface area contributed by atoms with Gasteiger partial charge in [0.1, 0.15) is 5.02 Å². The Labute approximate surface area is 148 Å². The molecule has 0 atom stereocenters. The quantitative estimate of drug-likeness (QED) is 0.250. The minimum atomic E-state index is -0.661. The number of nitrogens with zero attached hydrogens (tertiary/aromatic N) is 1. The second kappa shape index (κ2) is 9.74. The molecule has 0 saturated heterocycles. The maximum atomic E-state index is 10.9. The molecule has 0 fully saturated rings. The fraction of sp³-hybridized carbons (Fsp3) is 0.143. The number of carbonyl (C=O) groups is 2. The van der Waals surface area contributed by atoms with Crippen molar-refractivity contribution in [3.8, 4) is 5.75 Å². The molecule has 0 bridgehead atoms. The van der Waals surface area contributed by atoms with E-state index < -0.39 is 5.97 Å². The second-order valence-corrected chi connectivity index (χ2v) is 5.40. The highest BCUT2D eigenvalue weighted by molar-refractivity contribution is 6.52. The van der Waals surface area contributed by atoms with E-state index in [-0.39, 0.29) is 31.7 Å². The number of halogens is 4. The molecule has 0 aromatic heterocycles. The van der Waals surface area contributed by atoms with E-state index in [4.69, 9.17) is 51.1 Å². The third-order valence-electron chi connectivity index (χ3n) is 2.06. The van der Waals surface area contributed by atoms with E-state index in [1.807, 2.05) is 0 Å². The van der Waals surface area contributed by atoms with E-state index in [0.29, 0.717) is 0 Å². The first-order valence-electron chi connectivity index (χ1n) is 5.66. The summed E-state index contributed by atoms with van der Waals surface area (Å²) in [5.41, 5.74) is 0. The van der Waals surface area contributed by atoms with Gasteiger partial charge in [0, 0.05) is 26.2 Å². The van der Waals surface area contributed by atoms with Crippen molar-refractivity contribution in [3.05, 3.63) is 51.5 Å². The van der Waals surface area contributed by atoms with Crippen LogP contribution in [-0.2, 0) is 9.59 Å². The van der Waals surface area contributed by atoms with Crippen molar-refractivity contribution in [3.63, 3.8) is 0 Å². The van der Waals surface area contributed by atoms with Gasteiger partial charge in [0.25, 0.3) is 0 Å². The summed E-state index contributed by atoms with van der Waals surface area (Å²) in [6.07, 6.45) is 2.27. The molecule has 22 heavy (non-hydrogen) atoms. The molecule has 4 nitrogen and oxygen atoms in total. The molecule has 0 aliphatic carbocycles. The van der Waals surface area contributed by atoms with Gasteiger partial charge in [-0.25, -0.2) is 4.79 Å². The summed E-state index contributed by atoms with van der Waals surface area (Å²) in [5, 5.41) is 0.332. The zero-order valence-electron chi connectivity index (χ0n) is 11.8. The van der Waals surface area contributed by atoms with Crippen LogP contribution in [0, 0.1) is 0 Å². The van der Waals surface area contributed by atoms with Crippen molar-refractivity contribution >= 4 is 58.3 Å². The first-order chi connectivity index (χ1) is 10.1. The standard InChI is InChI=1S/C9H4Cl4O2.C5H9NO/c1-2-6(14)15-5-3-4(10)7(11)9(13)8(5)12;1-4-5(7)6(2)3/h2-3H,1H2;4H,1H2,2-3H3. The number of esters is 1. The first kappa shape index (κ1) is 20.8. The van der Waals surface area contributed by atoms with Gasteiger partial charge in [0.15, 0.2) is 5.75 Å². The summed E-state index contributed by atoms with van der Waals surface area (Å²) in [4.78, 5) is 22.7. The van der Waals surface area contributed by atoms with Crippen LogP contribution in [0.3, 0.4) is 0 Å². The molecule has 1 aromatic rings. The highest BCUT2D eigenvalue weighted by atomic mass is 35.5. The number of amides is 1. The minimum Gasteiger partial charge on any atom is -0.422 e. The number of hydrogen-bond acceptors (Lipinski definition) is 3. The van der Waals surface area contributed by atoms with Gasteiger partial charge >= 0.3 is 5.97 Å². The zero-order chi connectivity index (χ0) is 17.4. The summed E-state index contributed by atoms with van der Waals surface area (Å²) < 4.78 is 4.79. The lowest BCUT2D eigenvalue weighted by atomic mass is 10.3. The summed E-state index contributed by atoms with van der Waals surface area (Å²) in [6.45, 7) is 6.53. The number of rotatable bonds is 3. The Balaban J connectivity index is 0.000000534. The van der Waals surface area contributed by atoms with Gasteiger partial charge in [-0.3, -0.25) is 4.79 Å². The first-order valence-corrected chi connectivity index (χ1v) is 7.17. The SMILES string of the molecule is C=CC(=O)N(C)C.C=CC(=O)Oc1cc(Cl)c(Cl)c(Cl)c1Cl.